The van der Waals surface area contributed by atoms with Gasteiger partial charge >= 0.3 is 5.97 Å². The van der Waals surface area contributed by atoms with E-state index in [-0.39, 0.29) is 18.1 Å². The van der Waals surface area contributed by atoms with Crippen LogP contribution in [0.4, 0.5) is 0 Å². The standard InChI is InChI=1S/C22H21BrN2O5S/c1-4-29-17-10-14(11-18-20(26)25(3)22(24-2)31-18)9-16(23)19(17)30-12-13-6-5-7-15(8-13)21(27)28/h5-11H,4,12H2,1-3H3,(H,27,28)/b18-11+,24-22?. The van der Waals surface area contributed by atoms with E-state index in [2.05, 4.69) is 20.9 Å². The maximum Gasteiger partial charge on any atom is 0.335 e. The summed E-state index contributed by atoms with van der Waals surface area (Å²) < 4.78 is 12.4. The summed E-state index contributed by atoms with van der Waals surface area (Å²) in [6.45, 7) is 2.48. The third-order valence-electron chi connectivity index (χ3n) is 4.38. The molecule has 7 nitrogen and oxygen atoms in total. The fraction of sp³-hybridized carbons (Fsp3) is 0.227. The molecule has 3 rings (SSSR count). The number of hydrogen-bond donors (Lipinski definition) is 1. The van der Waals surface area contributed by atoms with Crippen molar-refractivity contribution in [3.8, 4) is 11.5 Å². The molecule has 0 saturated carbocycles. The predicted octanol–water partition coefficient (Wildman–Crippen LogP) is 4.66. The Labute approximate surface area is 192 Å². The molecule has 0 atom stereocenters. The number of carbonyl (C=O) groups is 2. The molecule has 1 heterocycles. The second kappa shape index (κ2) is 10.0. The van der Waals surface area contributed by atoms with Gasteiger partial charge in [0.1, 0.15) is 6.61 Å². The number of rotatable bonds is 7. The van der Waals surface area contributed by atoms with Gasteiger partial charge in [-0.15, -0.1) is 0 Å². The van der Waals surface area contributed by atoms with Gasteiger partial charge in [-0.25, -0.2) is 4.79 Å². The molecule has 1 aliphatic rings. The highest BCUT2D eigenvalue weighted by Crippen LogP contribution is 2.39. The molecule has 1 saturated heterocycles. The Hall–Kier alpha value is -2.78. The van der Waals surface area contributed by atoms with Crippen LogP contribution < -0.4 is 9.47 Å². The second-order valence-corrected chi connectivity index (χ2v) is 8.40. The lowest BCUT2D eigenvalue weighted by Gasteiger charge is -2.15. The molecule has 0 unspecified atom stereocenters. The Morgan fingerprint density at radius 1 is 1.29 bits per heavy atom. The number of carbonyl (C=O) groups excluding carboxylic acids is 1. The number of ether oxygens (including phenoxy) is 2. The Bertz CT molecular complexity index is 1080. The van der Waals surface area contributed by atoms with E-state index < -0.39 is 5.97 Å². The lowest BCUT2D eigenvalue weighted by Crippen LogP contribution is -2.23. The fourth-order valence-corrected chi connectivity index (χ4v) is 4.43. The van der Waals surface area contributed by atoms with Crippen LogP contribution in [0.1, 0.15) is 28.4 Å². The third kappa shape index (κ3) is 5.29. The highest BCUT2D eigenvalue weighted by molar-refractivity contribution is 9.10. The van der Waals surface area contributed by atoms with E-state index in [0.717, 1.165) is 11.1 Å². The first kappa shape index (κ1) is 22.9. The molecule has 0 spiro atoms. The van der Waals surface area contributed by atoms with Crippen LogP contribution in [0.2, 0.25) is 0 Å². The highest BCUT2D eigenvalue weighted by Gasteiger charge is 2.29. The number of hydrogen-bond acceptors (Lipinski definition) is 6. The quantitative estimate of drug-likeness (QED) is 0.551. The van der Waals surface area contributed by atoms with Crippen LogP contribution in [0.25, 0.3) is 6.08 Å². The monoisotopic (exact) mass is 504 g/mol. The van der Waals surface area contributed by atoms with Crippen LogP contribution in [0, 0.1) is 0 Å². The summed E-state index contributed by atoms with van der Waals surface area (Å²) in [7, 11) is 3.34. The number of amidine groups is 1. The average molecular weight is 505 g/mol. The van der Waals surface area contributed by atoms with Gasteiger partial charge in [-0.05, 0) is 76.1 Å². The molecule has 0 aromatic heterocycles. The lowest BCUT2D eigenvalue weighted by molar-refractivity contribution is -0.121. The molecular formula is C22H21BrN2O5S. The minimum atomic E-state index is -0.989. The van der Waals surface area contributed by atoms with Crippen molar-refractivity contribution in [3.63, 3.8) is 0 Å². The van der Waals surface area contributed by atoms with Crippen LogP contribution in [-0.4, -0.2) is 47.8 Å². The summed E-state index contributed by atoms with van der Waals surface area (Å²) in [6.07, 6.45) is 1.79. The lowest BCUT2D eigenvalue weighted by atomic mass is 10.1. The minimum absolute atomic E-state index is 0.113. The number of carboxylic acid groups (broad SMARTS) is 1. The van der Waals surface area contributed by atoms with Gasteiger partial charge in [0.2, 0.25) is 0 Å². The molecule has 162 valence electrons. The summed E-state index contributed by atoms with van der Waals surface area (Å²) in [6, 6.07) is 10.2. The van der Waals surface area contributed by atoms with Crippen LogP contribution in [0.15, 0.2) is 50.8 Å². The Kier molecular flexibility index (Phi) is 7.40. The second-order valence-electron chi connectivity index (χ2n) is 6.54. The molecule has 0 aliphatic carbocycles. The van der Waals surface area contributed by atoms with Gasteiger partial charge < -0.3 is 14.6 Å². The average Bonchev–Trinajstić information content (AvgIpc) is 3.01. The Balaban J connectivity index is 1.87. The van der Waals surface area contributed by atoms with Gasteiger partial charge in [0.25, 0.3) is 5.91 Å². The van der Waals surface area contributed by atoms with Crippen molar-refractivity contribution in [2.24, 2.45) is 4.99 Å². The first-order chi connectivity index (χ1) is 14.8. The zero-order valence-electron chi connectivity index (χ0n) is 17.2. The third-order valence-corrected chi connectivity index (χ3v) is 6.12. The molecule has 1 fully saturated rings. The Morgan fingerprint density at radius 2 is 2.06 bits per heavy atom. The summed E-state index contributed by atoms with van der Waals surface area (Å²) in [5, 5.41) is 9.80. The number of nitrogens with zero attached hydrogens (tertiary/aromatic N) is 2. The molecular weight excluding hydrogens is 484 g/mol. The first-order valence-electron chi connectivity index (χ1n) is 9.39. The van der Waals surface area contributed by atoms with E-state index in [1.54, 1.807) is 44.4 Å². The predicted molar refractivity (Wildman–Crippen MR) is 125 cm³/mol. The number of aromatic carboxylic acids is 1. The number of thioether (sulfide) groups is 1. The van der Waals surface area contributed by atoms with Gasteiger partial charge in [0.15, 0.2) is 16.7 Å². The van der Waals surface area contributed by atoms with E-state index in [1.165, 1.54) is 22.7 Å². The van der Waals surface area contributed by atoms with E-state index in [0.29, 0.717) is 32.7 Å². The van der Waals surface area contributed by atoms with Crippen molar-refractivity contribution in [2.45, 2.75) is 13.5 Å². The number of benzene rings is 2. The molecule has 31 heavy (non-hydrogen) atoms. The number of halogens is 1. The highest BCUT2D eigenvalue weighted by atomic mass is 79.9. The van der Waals surface area contributed by atoms with Crippen molar-refractivity contribution < 1.29 is 24.2 Å². The van der Waals surface area contributed by atoms with Crippen molar-refractivity contribution >= 4 is 50.8 Å². The summed E-state index contributed by atoms with van der Waals surface area (Å²) in [4.78, 5) is 29.8. The van der Waals surface area contributed by atoms with Gasteiger partial charge in [-0.3, -0.25) is 14.7 Å². The first-order valence-corrected chi connectivity index (χ1v) is 11.0. The fourth-order valence-electron chi connectivity index (χ4n) is 2.92. The van der Waals surface area contributed by atoms with Crippen molar-refractivity contribution in [1.82, 2.24) is 4.90 Å². The molecule has 1 amide bonds. The van der Waals surface area contributed by atoms with Crippen LogP contribution in [0.5, 0.6) is 11.5 Å². The largest absolute Gasteiger partial charge is 0.490 e. The van der Waals surface area contributed by atoms with Gasteiger partial charge in [-0.1, -0.05) is 12.1 Å². The SMILES string of the molecule is CCOc1cc(/C=C2/SC(=NC)N(C)C2=O)cc(Br)c1OCc1cccc(C(=O)O)c1. The topological polar surface area (TPSA) is 88.4 Å². The van der Waals surface area contributed by atoms with E-state index >= 15 is 0 Å². The Morgan fingerprint density at radius 3 is 2.71 bits per heavy atom. The number of amides is 1. The zero-order chi connectivity index (χ0) is 22.5. The summed E-state index contributed by atoms with van der Waals surface area (Å²) >= 11 is 4.84. The molecule has 1 aliphatic heterocycles. The molecule has 2 aromatic carbocycles. The van der Waals surface area contributed by atoms with Crippen molar-refractivity contribution in [3.05, 3.63) is 62.5 Å². The normalized spacial score (nSPS) is 16.3. The number of likely N-dealkylation sites (N-methyl/N-ethyl adjacent to an activating group) is 1. The van der Waals surface area contributed by atoms with E-state index in [1.807, 2.05) is 13.0 Å². The number of carboxylic acids is 1. The van der Waals surface area contributed by atoms with Crippen LogP contribution >= 0.6 is 27.7 Å². The minimum Gasteiger partial charge on any atom is -0.490 e. The molecule has 2 aromatic rings. The maximum absolute atomic E-state index is 12.4. The number of aliphatic imine (C=N–C) groups is 1. The smallest absolute Gasteiger partial charge is 0.335 e. The molecule has 0 radical (unpaired) electrons. The van der Waals surface area contributed by atoms with Gasteiger partial charge in [0.05, 0.1) is 21.5 Å². The van der Waals surface area contributed by atoms with E-state index in [9.17, 15) is 9.59 Å². The molecule has 9 heteroatoms. The molecule has 1 N–H and O–H groups in total. The van der Waals surface area contributed by atoms with Gasteiger partial charge in [0, 0.05) is 14.1 Å². The van der Waals surface area contributed by atoms with E-state index in [4.69, 9.17) is 14.6 Å². The van der Waals surface area contributed by atoms with Crippen molar-refractivity contribution in [1.29, 1.82) is 0 Å². The van der Waals surface area contributed by atoms with Gasteiger partial charge in [-0.2, -0.15) is 0 Å². The summed E-state index contributed by atoms with van der Waals surface area (Å²) in [5.74, 6) is -0.0793. The molecule has 0 bridgehead atoms. The summed E-state index contributed by atoms with van der Waals surface area (Å²) in [5.41, 5.74) is 1.70. The zero-order valence-corrected chi connectivity index (χ0v) is 19.6. The maximum atomic E-state index is 12.4. The van der Waals surface area contributed by atoms with Crippen molar-refractivity contribution in [2.75, 3.05) is 20.7 Å². The van der Waals surface area contributed by atoms with Crippen LogP contribution in [0.3, 0.4) is 0 Å². The van der Waals surface area contributed by atoms with Crippen LogP contribution in [-0.2, 0) is 11.4 Å².